The Hall–Kier alpha value is -2.68. The minimum Gasteiger partial charge on any atom is -0.480 e. The molecule has 56 heavy (non-hydrogen) atoms. The third-order valence-electron chi connectivity index (χ3n) is 10.5. The molecule has 326 valence electrons. The number of allylic oxidation sites excluding steroid dienone is 4. The number of nitrogens with one attached hydrogen (secondary N) is 2. The van der Waals surface area contributed by atoms with E-state index >= 15 is 0 Å². The second-order valence-corrected chi connectivity index (χ2v) is 15.8. The molecule has 0 aliphatic carbocycles. The van der Waals surface area contributed by atoms with Crippen molar-refractivity contribution in [1.82, 2.24) is 10.6 Å². The number of amides is 2. The minimum atomic E-state index is -1.38. The number of carbonyl (C=O) groups excluding carboxylic acids is 3. The molecule has 0 fully saturated rings. The summed E-state index contributed by atoms with van der Waals surface area (Å²) in [6, 6.07) is -1.38. The summed E-state index contributed by atoms with van der Waals surface area (Å²) in [5.41, 5.74) is 0. The Kier molecular flexibility index (Phi) is 39.9. The average Bonchev–Trinajstić information content (AvgIpc) is 3.18. The highest BCUT2D eigenvalue weighted by Gasteiger charge is 2.19. The number of aliphatic hydroxyl groups is 1. The van der Waals surface area contributed by atoms with E-state index in [1.807, 2.05) is 0 Å². The maximum atomic E-state index is 12.7. The zero-order valence-electron chi connectivity index (χ0n) is 36.1. The molecule has 0 radical (unpaired) electrons. The molecule has 2 unspecified atom stereocenters. The van der Waals surface area contributed by atoms with E-state index in [1.54, 1.807) is 0 Å². The van der Waals surface area contributed by atoms with E-state index in [4.69, 9.17) is 14.9 Å². The van der Waals surface area contributed by atoms with Crippen LogP contribution in [0.4, 0.5) is 0 Å². The van der Waals surface area contributed by atoms with Gasteiger partial charge in [0.15, 0.2) is 0 Å². The summed E-state index contributed by atoms with van der Waals surface area (Å²) in [4.78, 5) is 47.5. The molecule has 0 aliphatic rings. The molecule has 0 aromatic carbocycles. The molecule has 0 heterocycles. The summed E-state index contributed by atoms with van der Waals surface area (Å²) >= 11 is 0. The first-order valence-electron chi connectivity index (χ1n) is 23.2. The second kappa shape index (κ2) is 41.9. The van der Waals surface area contributed by atoms with Gasteiger partial charge in [-0.15, -0.1) is 0 Å². The smallest absolute Gasteiger partial charge is 0.328 e. The number of carbonyl (C=O) groups is 4. The van der Waals surface area contributed by atoms with Crippen molar-refractivity contribution in [3.8, 4) is 0 Å². The van der Waals surface area contributed by atoms with Crippen molar-refractivity contribution in [3.63, 3.8) is 0 Å². The molecule has 0 spiro atoms. The highest BCUT2D eigenvalue weighted by atomic mass is 16.5. The van der Waals surface area contributed by atoms with Crippen LogP contribution >= 0.6 is 0 Å². The van der Waals surface area contributed by atoms with Gasteiger partial charge in [-0.2, -0.15) is 0 Å². The summed E-state index contributed by atoms with van der Waals surface area (Å²) in [5, 5.41) is 22.5. The maximum absolute atomic E-state index is 12.7. The topological polar surface area (TPSA) is 142 Å². The van der Waals surface area contributed by atoms with Gasteiger partial charge in [0.05, 0.1) is 13.2 Å². The fraction of sp³-hybridized carbons (Fsp3) is 0.830. The lowest BCUT2D eigenvalue weighted by molar-refractivity contribution is -0.150. The van der Waals surface area contributed by atoms with Crippen LogP contribution in [0.25, 0.3) is 0 Å². The number of carboxylic acids is 1. The number of aliphatic hydroxyl groups excluding tert-OH is 1. The van der Waals surface area contributed by atoms with E-state index in [1.165, 1.54) is 135 Å². The number of hydrogen-bond acceptors (Lipinski definition) is 6. The summed E-state index contributed by atoms with van der Waals surface area (Å²) in [7, 11) is 0. The Bertz CT molecular complexity index is 999. The third kappa shape index (κ3) is 38.2. The van der Waals surface area contributed by atoms with E-state index in [2.05, 4.69) is 48.8 Å². The largest absolute Gasteiger partial charge is 0.480 e. The number of carboxylic acid groups (broad SMARTS) is 1. The molecule has 2 atom stereocenters. The minimum absolute atomic E-state index is 0.0394. The van der Waals surface area contributed by atoms with Gasteiger partial charge in [-0.05, 0) is 70.6 Å². The van der Waals surface area contributed by atoms with Gasteiger partial charge in [-0.25, -0.2) is 4.79 Å². The molecule has 0 rings (SSSR count). The molecule has 4 N–H and O–H groups in total. The van der Waals surface area contributed by atoms with Crippen LogP contribution in [0.5, 0.6) is 0 Å². The number of ether oxygens (including phenoxy) is 1. The van der Waals surface area contributed by atoms with Crippen molar-refractivity contribution in [2.75, 3.05) is 13.2 Å². The number of rotatable bonds is 42. The van der Waals surface area contributed by atoms with Gasteiger partial charge in [0.1, 0.15) is 12.1 Å². The average molecular weight is 791 g/mol. The van der Waals surface area contributed by atoms with Crippen molar-refractivity contribution >= 4 is 23.8 Å². The molecule has 9 nitrogen and oxygen atoms in total. The van der Waals surface area contributed by atoms with E-state index in [0.717, 1.165) is 57.8 Å². The van der Waals surface area contributed by atoms with Crippen LogP contribution in [0.2, 0.25) is 0 Å². The second-order valence-electron chi connectivity index (χ2n) is 15.8. The zero-order chi connectivity index (χ0) is 41.2. The Balaban J connectivity index is 3.99. The van der Waals surface area contributed by atoms with Crippen LogP contribution in [0.15, 0.2) is 24.3 Å². The van der Waals surface area contributed by atoms with Crippen LogP contribution in [-0.4, -0.2) is 59.3 Å². The van der Waals surface area contributed by atoms with Crippen molar-refractivity contribution in [1.29, 1.82) is 0 Å². The van der Waals surface area contributed by atoms with Crippen molar-refractivity contribution in [2.45, 2.75) is 238 Å². The van der Waals surface area contributed by atoms with Crippen LogP contribution in [0.1, 0.15) is 226 Å². The molecule has 0 aromatic rings. The Morgan fingerprint density at radius 2 is 0.964 bits per heavy atom. The molecule has 0 aliphatic heterocycles. The van der Waals surface area contributed by atoms with Crippen LogP contribution < -0.4 is 10.6 Å². The molecule has 0 saturated heterocycles. The van der Waals surface area contributed by atoms with Crippen LogP contribution in [0, 0.1) is 0 Å². The molecule has 0 aromatic heterocycles. The number of esters is 1. The standard InChI is InChI=1S/C47H86N2O7/c1-3-5-7-9-11-12-13-14-15-16-17-18-19-20-21-22-23-24-25-26-27-29-35-39-46(53)56-42(36-32-28-10-8-6-4-2)37-33-30-31-34-38-44(51)48-40-45(52)49-43(41-50)47(54)55/h13-14,16-17,42-43,50H,3-12,15,18-41H2,1-2H3,(H,48,51)(H,49,52)(H,54,55)/b14-13-,17-16-. The van der Waals surface area contributed by atoms with Gasteiger partial charge in [-0.3, -0.25) is 14.4 Å². The Morgan fingerprint density at radius 3 is 1.43 bits per heavy atom. The van der Waals surface area contributed by atoms with Gasteiger partial charge < -0.3 is 25.6 Å². The van der Waals surface area contributed by atoms with Crippen molar-refractivity contribution < 1.29 is 34.1 Å². The first-order valence-corrected chi connectivity index (χ1v) is 23.2. The van der Waals surface area contributed by atoms with Gasteiger partial charge in [-0.1, -0.05) is 167 Å². The first-order chi connectivity index (χ1) is 27.3. The third-order valence-corrected chi connectivity index (χ3v) is 10.5. The van der Waals surface area contributed by atoms with E-state index in [0.29, 0.717) is 12.8 Å². The highest BCUT2D eigenvalue weighted by molar-refractivity contribution is 5.87. The molecular weight excluding hydrogens is 705 g/mol. The Morgan fingerprint density at radius 1 is 0.536 bits per heavy atom. The molecule has 0 saturated carbocycles. The number of unbranched alkanes of at least 4 members (excludes halogenated alkanes) is 24. The lowest BCUT2D eigenvalue weighted by atomic mass is 10.0. The van der Waals surface area contributed by atoms with Gasteiger partial charge in [0, 0.05) is 12.8 Å². The van der Waals surface area contributed by atoms with Crippen molar-refractivity contribution in [2.24, 2.45) is 0 Å². The monoisotopic (exact) mass is 791 g/mol. The number of hydrogen-bond donors (Lipinski definition) is 4. The normalized spacial score (nSPS) is 12.6. The lowest BCUT2D eigenvalue weighted by Crippen LogP contribution is -2.47. The van der Waals surface area contributed by atoms with Gasteiger partial charge in [0.2, 0.25) is 11.8 Å². The zero-order valence-corrected chi connectivity index (χ0v) is 36.1. The van der Waals surface area contributed by atoms with E-state index in [9.17, 15) is 19.2 Å². The lowest BCUT2D eigenvalue weighted by Gasteiger charge is -2.18. The van der Waals surface area contributed by atoms with Gasteiger partial charge in [0.25, 0.3) is 0 Å². The van der Waals surface area contributed by atoms with E-state index < -0.39 is 24.5 Å². The summed E-state index contributed by atoms with van der Waals surface area (Å²) < 4.78 is 5.98. The summed E-state index contributed by atoms with van der Waals surface area (Å²) in [5.74, 6) is -2.32. The van der Waals surface area contributed by atoms with Crippen molar-refractivity contribution in [3.05, 3.63) is 24.3 Å². The molecule has 0 bridgehead atoms. The first kappa shape index (κ1) is 53.3. The maximum Gasteiger partial charge on any atom is 0.328 e. The van der Waals surface area contributed by atoms with E-state index in [-0.39, 0.29) is 30.9 Å². The quantitative estimate of drug-likeness (QED) is 0.0274. The SMILES string of the molecule is CCCCCCC/C=C\C/C=C\CCCCCCCCCCCCCC(=O)OC(CCCCCCCC)CCCCCCC(=O)NCC(=O)NC(CO)C(=O)O. The van der Waals surface area contributed by atoms with Crippen LogP contribution in [-0.2, 0) is 23.9 Å². The molecule has 9 heteroatoms. The Labute approximate surface area is 343 Å². The fourth-order valence-electron chi connectivity index (χ4n) is 6.86. The summed E-state index contributed by atoms with van der Waals surface area (Å²) in [6.07, 6.45) is 46.6. The predicted molar refractivity (Wildman–Crippen MR) is 232 cm³/mol. The number of aliphatic carboxylic acids is 1. The van der Waals surface area contributed by atoms with Crippen LogP contribution in [0.3, 0.4) is 0 Å². The fourth-order valence-corrected chi connectivity index (χ4v) is 6.86. The highest BCUT2D eigenvalue weighted by Crippen LogP contribution is 2.19. The molecular formula is C47H86N2O7. The molecule has 2 amide bonds. The summed E-state index contributed by atoms with van der Waals surface area (Å²) in [6.45, 7) is 3.44. The van der Waals surface area contributed by atoms with Gasteiger partial charge >= 0.3 is 11.9 Å². The predicted octanol–water partition coefficient (Wildman–Crippen LogP) is 11.6.